The number of β-lactam (4-membered cyclic amide) rings is 1. The van der Waals surface area contributed by atoms with Gasteiger partial charge in [0.1, 0.15) is 29.7 Å². The molecule has 0 bridgehead atoms. The Hall–Kier alpha value is -3.81. The number of rotatable bonds is 9. The van der Waals surface area contributed by atoms with Crippen molar-refractivity contribution >= 4 is 58.7 Å². The molecule has 4 heterocycles. The van der Waals surface area contributed by atoms with E-state index in [0.717, 1.165) is 4.90 Å². The minimum atomic E-state index is -1.27. The zero-order valence-electron chi connectivity index (χ0n) is 19.7. The van der Waals surface area contributed by atoms with Gasteiger partial charge in [-0.1, -0.05) is 22.7 Å². The highest BCUT2D eigenvalue weighted by Crippen LogP contribution is 2.41. The molecular formula is C22H21N7O6S3. The number of carbonyl (C=O) groups is 4. The molecule has 13 nitrogen and oxygen atoms in total. The number of thiophene rings is 1. The topological polar surface area (TPSA) is 191 Å². The Morgan fingerprint density at radius 2 is 2.18 bits per heavy atom. The summed E-state index contributed by atoms with van der Waals surface area (Å²) in [5.41, 5.74) is 0.770. The third-order valence-corrected chi connectivity index (χ3v) is 8.88. The van der Waals surface area contributed by atoms with E-state index in [1.807, 2.05) is 0 Å². The van der Waals surface area contributed by atoms with Gasteiger partial charge >= 0.3 is 12.0 Å². The first-order valence-corrected chi connectivity index (χ1v) is 14.0. The van der Waals surface area contributed by atoms with Crippen LogP contribution in [0.5, 0.6) is 0 Å². The Labute approximate surface area is 228 Å². The summed E-state index contributed by atoms with van der Waals surface area (Å²) in [6, 6.07) is 5.56. The van der Waals surface area contributed by atoms with E-state index in [1.165, 1.54) is 34.9 Å². The van der Waals surface area contributed by atoms with Gasteiger partial charge in [0.25, 0.3) is 5.91 Å². The van der Waals surface area contributed by atoms with Gasteiger partial charge in [-0.2, -0.15) is 5.26 Å². The number of fused-ring (bicyclic) bond motifs is 1. The Bertz CT molecular complexity index is 1340. The Kier molecular flexibility index (Phi) is 8.39. The van der Waals surface area contributed by atoms with Gasteiger partial charge in [-0.15, -0.1) is 23.1 Å². The van der Waals surface area contributed by atoms with Crippen LogP contribution in [0.1, 0.15) is 16.6 Å². The number of aromatic nitrogens is 2. The summed E-state index contributed by atoms with van der Waals surface area (Å²) in [5, 5.41) is 43.1. The summed E-state index contributed by atoms with van der Waals surface area (Å²) in [4.78, 5) is 52.5. The fraction of sp³-hybridized carbons (Fsp3) is 0.318. The number of aryl methyl sites for hydroxylation is 1. The Balaban J connectivity index is 1.46. The molecule has 198 valence electrons. The summed E-state index contributed by atoms with van der Waals surface area (Å²) in [7, 11) is 0. The lowest BCUT2D eigenvalue weighted by atomic mass is 10.0. The van der Waals surface area contributed by atoms with Gasteiger partial charge in [-0.3, -0.25) is 14.5 Å². The molecule has 16 heteroatoms. The van der Waals surface area contributed by atoms with Gasteiger partial charge in [0.2, 0.25) is 11.6 Å². The van der Waals surface area contributed by atoms with E-state index in [-0.39, 0.29) is 18.0 Å². The molecule has 2 aliphatic rings. The zero-order valence-corrected chi connectivity index (χ0v) is 22.2. The molecule has 0 aromatic carbocycles. The molecule has 4 N–H and O–H groups in total. The molecule has 2 aliphatic heterocycles. The molecule has 2 aromatic heterocycles. The highest BCUT2D eigenvalue weighted by Gasteiger charge is 2.54. The number of aliphatic carboxylic acids is 1. The number of nitrogens with one attached hydrogen (secondary N) is 3. The van der Waals surface area contributed by atoms with Gasteiger partial charge in [0, 0.05) is 34.5 Å². The van der Waals surface area contributed by atoms with Crippen molar-refractivity contribution in [1.82, 2.24) is 25.9 Å². The first-order chi connectivity index (χ1) is 18.2. The molecule has 3 atom stereocenters. The molecule has 1 saturated heterocycles. The van der Waals surface area contributed by atoms with Crippen molar-refractivity contribution in [1.29, 1.82) is 5.26 Å². The lowest BCUT2D eigenvalue weighted by Crippen LogP contribution is -2.71. The minimum Gasteiger partial charge on any atom is -0.594 e. The number of hydrogen-bond acceptors (Lipinski definition) is 10. The maximum absolute atomic E-state index is 13.1. The monoisotopic (exact) mass is 575 g/mol. The number of nitrogens with zero attached hydrogens (tertiary/aromatic N) is 4. The molecule has 2 aromatic rings. The van der Waals surface area contributed by atoms with Crippen molar-refractivity contribution in [2.24, 2.45) is 0 Å². The Morgan fingerprint density at radius 3 is 2.84 bits per heavy atom. The predicted octanol–water partition coefficient (Wildman–Crippen LogP) is 0.480. The highest BCUT2D eigenvalue weighted by molar-refractivity contribution is 8.01. The van der Waals surface area contributed by atoms with Crippen LogP contribution in [0.4, 0.5) is 4.79 Å². The van der Waals surface area contributed by atoms with E-state index in [0.29, 0.717) is 31.8 Å². The second-order valence-corrected chi connectivity index (χ2v) is 11.1. The van der Waals surface area contributed by atoms with E-state index in [2.05, 4.69) is 21.0 Å². The van der Waals surface area contributed by atoms with Crippen LogP contribution in [0.2, 0.25) is 0 Å². The number of carbonyl (C=O) groups excluding carboxylic acids is 3. The zero-order chi connectivity index (χ0) is 27.4. The van der Waals surface area contributed by atoms with E-state index in [1.54, 1.807) is 42.6 Å². The van der Waals surface area contributed by atoms with Crippen LogP contribution >= 0.6 is 34.9 Å². The van der Waals surface area contributed by atoms with Gasteiger partial charge in [0.15, 0.2) is 5.03 Å². The van der Waals surface area contributed by atoms with Crippen molar-refractivity contribution in [3.05, 3.63) is 56.7 Å². The normalized spacial score (nSPS) is 19.1. The summed E-state index contributed by atoms with van der Waals surface area (Å²) in [5.74, 6) is -1.99. The van der Waals surface area contributed by atoms with E-state index in [4.69, 9.17) is 5.26 Å². The fourth-order valence-electron chi connectivity index (χ4n) is 3.75. The van der Waals surface area contributed by atoms with Crippen molar-refractivity contribution < 1.29 is 29.1 Å². The van der Waals surface area contributed by atoms with Gasteiger partial charge in [-0.25, -0.2) is 9.59 Å². The quantitative estimate of drug-likeness (QED) is 0.107. The number of hydrogen-bond donors (Lipinski definition) is 4. The van der Waals surface area contributed by atoms with Gasteiger partial charge in [0.05, 0.1) is 6.07 Å². The van der Waals surface area contributed by atoms with Crippen LogP contribution in [0, 0.1) is 23.5 Å². The number of urea groups is 1. The molecule has 2 unspecified atom stereocenters. The second-order valence-electron chi connectivity index (χ2n) is 8.06. The van der Waals surface area contributed by atoms with Gasteiger partial charge in [-0.05, 0) is 23.1 Å². The van der Waals surface area contributed by atoms with E-state index in [9.17, 15) is 29.5 Å². The number of nitriles is 1. The summed E-state index contributed by atoms with van der Waals surface area (Å²) >= 11 is 3.72. The average molecular weight is 576 g/mol. The van der Waals surface area contributed by atoms with Gasteiger partial charge < -0.3 is 26.3 Å². The standard InChI is InChI=1S/C22H21N7O6S3/c1-11-4-5-14(27-29(11)35)37-9-12-10-38-20-16(19(31)28(20)17(12)21(32)33)25-18(30)15(13-3-2-8-36-13)26-22(34)24-7-6-23/h2-5,8,15-16,20H,7,9-10H2,1H3,(H,25,30)(H,32,33)(H2,24,26,34)/t15?,16-,20?/m0/s1. The Morgan fingerprint density at radius 1 is 1.39 bits per heavy atom. The largest absolute Gasteiger partial charge is 0.594 e. The third kappa shape index (κ3) is 5.69. The first-order valence-electron chi connectivity index (χ1n) is 11.1. The molecule has 0 radical (unpaired) electrons. The average Bonchev–Trinajstić information content (AvgIpc) is 3.43. The van der Waals surface area contributed by atoms with Crippen molar-refractivity contribution in [3.63, 3.8) is 0 Å². The lowest BCUT2D eigenvalue weighted by Gasteiger charge is -2.49. The van der Waals surface area contributed by atoms with Crippen LogP contribution in [-0.2, 0) is 14.4 Å². The SMILES string of the molecule is Cc1ccc(SCC2=C(C(=O)O)N3C(=O)[C@H](NC(=O)C(NC(=O)NCC#N)c4cccs4)C3SC2)n[n+]1[O-]. The summed E-state index contributed by atoms with van der Waals surface area (Å²) in [6.45, 7) is 1.37. The third-order valence-electron chi connectivity index (χ3n) is 5.59. The molecule has 4 rings (SSSR count). The lowest BCUT2D eigenvalue weighted by molar-refractivity contribution is -0.679. The molecule has 38 heavy (non-hydrogen) atoms. The summed E-state index contributed by atoms with van der Waals surface area (Å²) < 4.78 is 0. The van der Waals surface area contributed by atoms with Crippen molar-refractivity contribution in [3.8, 4) is 6.07 Å². The van der Waals surface area contributed by atoms with Crippen LogP contribution < -0.4 is 20.8 Å². The number of carboxylic acids is 1. The molecule has 1 fully saturated rings. The van der Waals surface area contributed by atoms with Crippen LogP contribution in [0.15, 0.2) is 45.9 Å². The van der Waals surface area contributed by atoms with Crippen LogP contribution in [0.3, 0.4) is 0 Å². The first kappa shape index (κ1) is 27.2. The highest BCUT2D eigenvalue weighted by atomic mass is 32.2. The number of amides is 4. The molecule has 0 spiro atoms. The molecule has 0 aliphatic carbocycles. The molecular weight excluding hydrogens is 554 g/mol. The minimum absolute atomic E-state index is 0.150. The maximum atomic E-state index is 13.1. The molecule has 4 amide bonds. The van der Waals surface area contributed by atoms with Crippen LogP contribution in [-0.4, -0.2) is 68.4 Å². The predicted molar refractivity (Wildman–Crippen MR) is 138 cm³/mol. The smallest absolute Gasteiger partial charge is 0.352 e. The fourth-order valence-corrected chi connectivity index (χ4v) is 6.86. The van der Waals surface area contributed by atoms with Crippen molar-refractivity contribution in [2.45, 2.75) is 29.4 Å². The number of carboxylic acid groups (broad SMARTS) is 1. The summed E-state index contributed by atoms with van der Waals surface area (Å²) in [6.07, 6.45) is 0. The van der Waals surface area contributed by atoms with Crippen molar-refractivity contribution in [2.75, 3.05) is 18.1 Å². The molecule has 0 saturated carbocycles. The van der Waals surface area contributed by atoms with Crippen LogP contribution in [0.25, 0.3) is 0 Å². The van der Waals surface area contributed by atoms with E-state index < -0.39 is 41.3 Å². The maximum Gasteiger partial charge on any atom is 0.352 e. The number of thioether (sulfide) groups is 2. The van der Waals surface area contributed by atoms with E-state index >= 15 is 0 Å². The second kappa shape index (κ2) is 11.7.